The number of aliphatic carboxylic acids is 1. The largest absolute Gasteiger partial charge is 0.480 e. The van der Waals surface area contributed by atoms with E-state index < -0.39 is 11.5 Å². The number of carboxylic acids is 1. The van der Waals surface area contributed by atoms with Gasteiger partial charge in [-0.3, -0.25) is 0 Å². The lowest BCUT2D eigenvalue weighted by molar-refractivity contribution is -0.144. The van der Waals surface area contributed by atoms with Gasteiger partial charge in [-0.25, -0.2) is 9.18 Å². The van der Waals surface area contributed by atoms with E-state index in [1.807, 2.05) is 0 Å². The number of nitrogens with one attached hydrogen (secondary N) is 1. The molecule has 1 aromatic carbocycles. The molecule has 3 nitrogen and oxygen atoms in total. The van der Waals surface area contributed by atoms with Crippen molar-refractivity contribution in [1.82, 2.24) is 0 Å². The van der Waals surface area contributed by atoms with Crippen LogP contribution in [0.1, 0.15) is 51.4 Å². The summed E-state index contributed by atoms with van der Waals surface area (Å²) in [6, 6.07) is 6.31. The standard InChI is InChI=1S/C17H22FNO2/c18-13-5-1-2-6-14(13)19-17(15(20)21)11-9-16(10-12-17)7-3-4-8-16/h1-2,5-6,19H,3-4,7-12H2,(H,20,21). The maximum atomic E-state index is 13.8. The number of anilines is 1. The van der Waals surface area contributed by atoms with E-state index in [0.717, 1.165) is 12.8 Å². The van der Waals surface area contributed by atoms with Gasteiger partial charge in [0, 0.05) is 0 Å². The summed E-state index contributed by atoms with van der Waals surface area (Å²) in [5, 5.41) is 12.7. The first-order chi connectivity index (χ1) is 10.1. The van der Waals surface area contributed by atoms with Crippen LogP contribution in [0.3, 0.4) is 0 Å². The molecule has 0 bridgehead atoms. The number of rotatable bonds is 3. The van der Waals surface area contributed by atoms with Gasteiger partial charge in [-0.2, -0.15) is 0 Å². The molecule has 2 aliphatic carbocycles. The van der Waals surface area contributed by atoms with Crippen LogP contribution in [0.25, 0.3) is 0 Å². The minimum Gasteiger partial charge on any atom is -0.480 e. The van der Waals surface area contributed by atoms with Gasteiger partial charge in [0.05, 0.1) is 5.69 Å². The van der Waals surface area contributed by atoms with Gasteiger partial charge in [0.15, 0.2) is 0 Å². The van der Waals surface area contributed by atoms with Crippen LogP contribution in [-0.4, -0.2) is 16.6 Å². The first-order valence-electron chi connectivity index (χ1n) is 7.82. The van der Waals surface area contributed by atoms with Crippen LogP contribution in [0.15, 0.2) is 24.3 Å². The van der Waals surface area contributed by atoms with E-state index in [9.17, 15) is 14.3 Å². The summed E-state index contributed by atoms with van der Waals surface area (Å²) >= 11 is 0. The molecule has 2 aliphatic rings. The molecule has 3 rings (SSSR count). The zero-order valence-corrected chi connectivity index (χ0v) is 12.2. The Morgan fingerprint density at radius 3 is 2.24 bits per heavy atom. The molecular formula is C17H22FNO2. The SMILES string of the molecule is O=C(O)C1(Nc2ccccc2F)CCC2(CCCC2)CC1. The van der Waals surface area contributed by atoms with Crippen molar-refractivity contribution in [3.8, 4) is 0 Å². The molecule has 0 aromatic heterocycles. The van der Waals surface area contributed by atoms with Crippen LogP contribution < -0.4 is 5.32 Å². The van der Waals surface area contributed by atoms with Crippen molar-refractivity contribution in [1.29, 1.82) is 0 Å². The van der Waals surface area contributed by atoms with Crippen molar-refractivity contribution in [2.75, 3.05) is 5.32 Å². The van der Waals surface area contributed by atoms with Crippen LogP contribution in [0.4, 0.5) is 10.1 Å². The van der Waals surface area contributed by atoms with Crippen LogP contribution in [0.5, 0.6) is 0 Å². The van der Waals surface area contributed by atoms with Gasteiger partial charge in [-0.1, -0.05) is 25.0 Å². The fraction of sp³-hybridized carbons (Fsp3) is 0.588. The molecule has 1 aromatic rings. The molecule has 0 unspecified atom stereocenters. The normalized spacial score (nSPS) is 23.1. The van der Waals surface area contributed by atoms with Crippen molar-refractivity contribution in [3.05, 3.63) is 30.1 Å². The maximum absolute atomic E-state index is 13.8. The summed E-state index contributed by atoms with van der Waals surface area (Å²) < 4.78 is 13.8. The van der Waals surface area contributed by atoms with Gasteiger partial charge in [-0.15, -0.1) is 0 Å². The van der Waals surface area contributed by atoms with Gasteiger partial charge in [0.2, 0.25) is 0 Å². The molecule has 2 N–H and O–H groups in total. The molecule has 2 saturated carbocycles. The Morgan fingerprint density at radius 1 is 1.05 bits per heavy atom. The average molecular weight is 291 g/mol. The summed E-state index contributed by atoms with van der Waals surface area (Å²) in [6.45, 7) is 0. The second-order valence-electron chi connectivity index (χ2n) is 6.70. The second-order valence-corrected chi connectivity index (χ2v) is 6.70. The smallest absolute Gasteiger partial charge is 0.329 e. The Morgan fingerprint density at radius 2 is 1.67 bits per heavy atom. The molecule has 2 fully saturated rings. The lowest BCUT2D eigenvalue weighted by atomic mass is 9.66. The number of para-hydroxylation sites is 1. The topological polar surface area (TPSA) is 49.3 Å². The Kier molecular flexibility index (Phi) is 3.64. The molecule has 0 saturated heterocycles. The lowest BCUT2D eigenvalue weighted by Crippen LogP contribution is -2.50. The van der Waals surface area contributed by atoms with Crippen molar-refractivity contribution in [3.63, 3.8) is 0 Å². The van der Waals surface area contributed by atoms with Crippen molar-refractivity contribution < 1.29 is 14.3 Å². The van der Waals surface area contributed by atoms with E-state index in [1.165, 1.54) is 31.7 Å². The van der Waals surface area contributed by atoms with E-state index in [4.69, 9.17) is 0 Å². The molecule has 21 heavy (non-hydrogen) atoms. The number of benzene rings is 1. The minimum absolute atomic E-state index is 0.294. The van der Waals surface area contributed by atoms with Crippen LogP contribution >= 0.6 is 0 Å². The van der Waals surface area contributed by atoms with Gasteiger partial charge in [0.25, 0.3) is 0 Å². The summed E-state index contributed by atoms with van der Waals surface area (Å²) in [4.78, 5) is 11.8. The first kappa shape index (κ1) is 14.4. The number of carbonyl (C=O) groups is 1. The quantitative estimate of drug-likeness (QED) is 0.877. The van der Waals surface area contributed by atoms with Crippen molar-refractivity contribution in [2.45, 2.75) is 56.9 Å². The van der Waals surface area contributed by atoms with Crippen LogP contribution in [-0.2, 0) is 4.79 Å². The van der Waals surface area contributed by atoms with E-state index in [0.29, 0.717) is 23.9 Å². The Bertz CT molecular complexity index is 527. The van der Waals surface area contributed by atoms with Crippen LogP contribution in [0, 0.1) is 11.2 Å². The highest BCUT2D eigenvalue weighted by Gasteiger charge is 2.48. The lowest BCUT2D eigenvalue weighted by Gasteiger charge is -2.43. The van der Waals surface area contributed by atoms with E-state index in [-0.39, 0.29) is 5.82 Å². The Labute approximate surface area is 124 Å². The van der Waals surface area contributed by atoms with E-state index in [1.54, 1.807) is 18.2 Å². The summed E-state index contributed by atoms with van der Waals surface area (Å²) in [5.74, 6) is -1.25. The van der Waals surface area contributed by atoms with E-state index >= 15 is 0 Å². The number of carboxylic acid groups (broad SMARTS) is 1. The fourth-order valence-electron chi connectivity index (χ4n) is 4.04. The third-order valence-corrected chi connectivity index (χ3v) is 5.49. The highest BCUT2D eigenvalue weighted by atomic mass is 19.1. The fourth-order valence-corrected chi connectivity index (χ4v) is 4.04. The highest BCUT2D eigenvalue weighted by Crippen LogP contribution is 2.51. The van der Waals surface area contributed by atoms with Gasteiger partial charge in [0.1, 0.15) is 11.4 Å². The van der Waals surface area contributed by atoms with Gasteiger partial charge in [-0.05, 0) is 56.1 Å². The van der Waals surface area contributed by atoms with E-state index in [2.05, 4.69) is 5.32 Å². The third-order valence-electron chi connectivity index (χ3n) is 5.49. The van der Waals surface area contributed by atoms with Gasteiger partial charge >= 0.3 is 5.97 Å². The predicted molar refractivity (Wildman–Crippen MR) is 79.8 cm³/mol. The maximum Gasteiger partial charge on any atom is 0.329 e. The summed E-state index contributed by atoms with van der Waals surface area (Å²) in [6.07, 6.45) is 8.00. The van der Waals surface area contributed by atoms with Crippen LogP contribution in [0.2, 0.25) is 0 Å². The zero-order chi connectivity index (χ0) is 14.9. The molecule has 0 radical (unpaired) electrons. The third kappa shape index (κ3) is 2.63. The molecular weight excluding hydrogens is 269 g/mol. The molecule has 0 amide bonds. The predicted octanol–water partition coefficient (Wildman–Crippen LogP) is 4.20. The van der Waals surface area contributed by atoms with Crippen molar-refractivity contribution in [2.24, 2.45) is 5.41 Å². The number of hydrogen-bond acceptors (Lipinski definition) is 2. The Hall–Kier alpha value is -1.58. The zero-order valence-electron chi connectivity index (χ0n) is 12.2. The first-order valence-corrected chi connectivity index (χ1v) is 7.82. The molecule has 114 valence electrons. The molecule has 0 atom stereocenters. The number of halogens is 1. The van der Waals surface area contributed by atoms with Gasteiger partial charge < -0.3 is 10.4 Å². The molecule has 4 heteroatoms. The Balaban J connectivity index is 1.79. The molecule has 0 heterocycles. The number of hydrogen-bond donors (Lipinski definition) is 2. The minimum atomic E-state index is -1.02. The monoisotopic (exact) mass is 291 g/mol. The van der Waals surface area contributed by atoms with Crippen molar-refractivity contribution >= 4 is 11.7 Å². The molecule has 1 spiro atoms. The summed E-state index contributed by atoms with van der Waals surface area (Å²) in [5.41, 5.74) is -0.367. The second kappa shape index (κ2) is 5.32. The summed E-state index contributed by atoms with van der Waals surface area (Å²) in [7, 11) is 0. The molecule has 0 aliphatic heterocycles. The average Bonchev–Trinajstić information content (AvgIpc) is 2.93. The highest BCUT2D eigenvalue weighted by molar-refractivity contribution is 5.83.